The fraction of sp³-hybridized carbons (Fsp3) is 0.0968. The number of methoxy groups -OCH3 is 2. The van der Waals surface area contributed by atoms with Crippen molar-refractivity contribution in [2.75, 3.05) is 30.6 Å². The molecule has 0 radical (unpaired) electrons. The number of benzene rings is 3. The van der Waals surface area contributed by atoms with Gasteiger partial charge in [-0.2, -0.15) is 0 Å². The van der Waals surface area contributed by atoms with Crippen LogP contribution in [0, 0.1) is 0 Å². The summed E-state index contributed by atoms with van der Waals surface area (Å²) in [5.74, 6) is 0.303. The third kappa shape index (κ3) is 8.60. The van der Waals surface area contributed by atoms with Crippen molar-refractivity contribution in [3.63, 3.8) is 0 Å². The lowest BCUT2D eigenvalue weighted by molar-refractivity contribution is -0.114. The van der Waals surface area contributed by atoms with Crippen LogP contribution in [0.3, 0.4) is 0 Å². The molecule has 3 aromatic carbocycles. The van der Waals surface area contributed by atoms with E-state index in [1.54, 1.807) is 84.9 Å². The van der Waals surface area contributed by atoms with Gasteiger partial charge < -0.3 is 25.4 Å². The number of thioether (sulfide) groups is 1. The molecule has 11 heteroatoms. The average molecular weight is 603 g/mol. The summed E-state index contributed by atoms with van der Waals surface area (Å²) in [5, 5.41) is 8.73. The smallest absolute Gasteiger partial charge is 0.272 e. The van der Waals surface area contributed by atoms with Crippen molar-refractivity contribution in [3.8, 4) is 11.5 Å². The Labute approximate surface area is 252 Å². The van der Waals surface area contributed by atoms with E-state index in [0.717, 1.165) is 4.90 Å². The molecule has 0 saturated carbocycles. The molecule has 0 unspecified atom stereocenters. The maximum atomic E-state index is 13.4. The number of halogens is 1. The van der Waals surface area contributed by atoms with Crippen molar-refractivity contribution in [2.24, 2.45) is 0 Å². The molecule has 0 aliphatic heterocycles. The number of hydrogen-bond donors (Lipinski definition) is 3. The van der Waals surface area contributed by atoms with E-state index in [-0.39, 0.29) is 17.4 Å². The summed E-state index contributed by atoms with van der Waals surface area (Å²) in [4.78, 5) is 43.5. The van der Waals surface area contributed by atoms with Crippen molar-refractivity contribution in [1.29, 1.82) is 0 Å². The molecule has 0 aliphatic carbocycles. The minimum absolute atomic E-state index is 0.0176. The minimum Gasteiger partial charge on any atom is -0.493 e. The number of nitrogens with one attached hydrogen (secondary N) is 3. The normalized spacial score (nSPS) is 10.9. The first-order chi connectivity index (χ1) is 20.3. The molecular weight excluding hydrogens is 576 g/mol. The van der Waals surface area contributed by atoms with Gasteiger partial charge in [-0.3, -0.25) is 14.4 Å². The van der Waals surface area contributed by atoms with E-state index in [9.17, 15) is 14.4 Å². The second-order valence-corrected chi connectivity index (χ2v) is 10.2. The Bertz CT molecular complexity index is 1600. The van der Waals surface area contributed by atoms with Crippen LogP contribution in [0.1, 0.15) is 15.9 Å². The fourth-order valence-corrected chi connectivity index (χ4v) is 4.56. The molecule has 4 aromatic rings. The molecule has 4 rings (SSSR count). The summed E-state index contributed by atoms with van der Waals surface area (Å²) < 4.78 is 10.7. The van der Waals surface area contributed by atoms with E-state index in [2.05, 4.69) is 20.9 Å². The Morgan fingerprint density at radius 3 is 2.38 bits per heavy atom. The van der Waals surface area contributed by atoms with E-state index < -0.39 is 11.8 Å². The molecule has 214 valence electrons. The van der Waals surface area contributed by atoms with Crippen LogP contribution >= 0.6 is 23.4 Å². The third-order valence-electron chi connectivity index (χ3n) is 5.70. The van der Waals surface area contributed by atoms with Crippen molar-refractivity contribution in [1.82, 2.24) is 10.3 Å². The Balaban J connectivity index is 1.49. The summed E-state index contributed by atoms with van der Waals surface area (Å²) in [7, 11) is 3.04. The van der Waals surface area contributed by atoms with Gasteiger partial charge in [0.25, 0.3) is 11.8 Å². The molecule has 9 nitrogen and oxygen atoms in total. The largest absolute Gasteiger partial charge is 0.493 e. The Morgan fingerprint density at radius 2 is 1.67 bits per heavy atom. The molecule has 0 aliphatic rings. The van der Waals surface area contributed by atoms with Crippen LogP contribution < -0.4 is 25.4 Å². The first-order valence-electron chi connectivity index (χ1n) is 12.6. The van der Waals surface area contributed by atoms with Crippen LogP contribution in [-0.4, -0.2) is 42.7 Å². The molecule has 0 spiro atoms. The number of carbonyl (C=O) groups is 3. The highest BCUT2D eigenvalue weighted by Crippen LogP contribution is 2.28. The predicted octanol–water partition coefficient (Wildman–Crippen LogP) is 5.89. The molecule has 0 bridgehead atoms. The number of amides is 3. The maximum absolute atomic E-state index is 13.4. The Kier molecular flexibility index (Phi) is 10.6. The number of hydrogen-bond acceptors (Lipinski definition) is 7. The highest BCUT2D eigenvalue weighted by molar-refractivity contribution is 8.00. The number of carbonyl (C=O) groups excluding carboxylic acids is 3. The summed E-state index contributed by atoms with van der Waals surface area (Å²) >= 11 is 7.12. The SMILES string of the molecule is COc1ccc(/C=C(/NC(=O)c2ccccc2)C(=O)Nc2cccc(SCC(=O)Nc3ccc(Cl)cn3)c2)cc1OC. The van der Waals surface area contributed by atoms with Gasteiger partial charge in [0, 0.05) is 22.3 Å². The van der Waals surface area contributed by atoms with Gasteiger partial charge in [0.15, 0.2) is 11.5 Å². The van der Waals surface area contributed by atoms with Crippen molar-refractivity contribution in [2.45, 2.75) is 4.90 Å². The number of ether oxygens (including phenoxy) is 2. The molecule has 3 amide bonds. The van der Waals surface area contributed by atoms with Crippen LogP contribution in [-0.2, 0) is 9.59 Å². The lowest BCUT2D eigenvalue weighted by Gasteiger charge is -2.13. The Hall–Kier alpha value is -4.80. The van der Waals surface area contributed by atoms with Gasteiger partial charge in [0.2, 0.25) is 5.91 Å². The van der Waals surface area contributed by atoms with E-state index in [1.807, 2.05) is 6.07 Å². The summed E-state index contributed by atoms with van der Waals surface area (Å²) in [6, 6.07) is 24.0. The van der Waals surface area contributed by atoms with Gasteiger partial charge in [-0.15, -0.1) is 11.8 Å². The number of anilines is 2. The summed E-state index contributed by atoms with van der Waals surface area (Å²) in [5.41, 5.74) is 1.51. The highest BCUT2D eigenvalue weighted by Gasteiger charge is 2.16. The molecular formula is C31H27ClN4O5S. The van der Waals surface area contributed by atoms with Crippen LogP contribution in [0.4, 0.5) is 11.5 Å². The monoisotopic (exact) mass is 602 g/mol. The standard InChI is InChI=1S/C31H27ClN4O5S/c1-40-26-13-11-20(16-27(26)41-2)15-25(35-30(38)21-7-4-3-5-8-21)31(39)34-23-9-6-10-24(17-23)42-19-29(37)36-28-14-12-22(32)18-33-28/h3-18H,19H2,1-2H3,(H,34,39)(H,35,38)(H,33,36,37)/b25-15+. The molecule has 0 fully saturated rings. The molecule has 0 atom stereocenters. The number of aromatic nitrogens is 1. The number of pyridine rings is 1. The van der Waals surface area contributed by atoms with Gasteiger partial charge in [0.1, 0.15) is 11.5 Å². The zero-order valence-corrected chi connectivity index (χ0v) is 24.3. The first-order valence-corrected chi connectivity index (χ1v) is 14.0. The quantitative estimate of drug-likeness (QED) is 0.145. The van der Waals surface area contributed by atoms with E-state index in [4.69, 9.17) is 21.1 Å². The first kappa shape index (κ1) is 30.2. The lowest BCUT2D eigenvalue weighted by atomic mass is 10.1. The number of nitrogens with zero attached hydrogens (tertiary/aromatic N) is 1. The highest BCUT2D eigenvalue weighted by atomic mass is 35.5. The van der Waals surface area contributed by atoms with Crippen LogP contribution in [0.5, 0.6) is 11.5 Å². The predicted molar refractivity (Wildman–Crippen MR) is 165 cm³/mol. The van der Waals surface area contributed by atoms with Gasteiger partial charge in [-0.05, 0) is 66.2 Å². The second kappa shape index (κ2) is 14.7. The van der Waals surface area contributed by atoms with Crippen LogP contribution in [0.2, 0.25) is 5.02 Å². The second-order valence-electron chi connectivity index (χ2n) is 8.67. The molecule has 3 N–H and O–H groups in total. The van der Waals surface area contributed by atoms with E-state index in [1.165, 1.54) is 32.2 Å². The lowest BCUT2D eigenvalue weighted by Crippen LogP contribution is -2.30. The van der Waals surface area contributed by atoms with E-state index >= 15 is 0 Å². The van der Waals surface area contributed by atoms with Crippen molar-refractivity contribution < 1.29 is 23.9 Å². The van der Waals surface area contributed by atoms with Crippen LogP contribution in [0.25, 0.3) is 6.08 Å². The molecule has 42 heavy (non-hydrogen) atoms. The van der Waals surface area contributed by atoms with Gasteiger partial charge in [0.05, 0.1) is 25.0 Å². The number of rotatable bonds is 11. The molecule has 0 saturated heterocycles. The van der Waals surface area contributed by atoms with Gasteiger partial charge in [-0.1, -0.05) is 41.9 Å². The molecule has 1 aromatic heterocycles. The Morgan fingerprint density at radius 1 is 0.881 bits per heavy atom. The minimum atomic E-state index is -0.539. The van der Waals surface area contributed by atoms with Gasteiger partial charge in [-0.25, -0.2) is 4.98 Å². The molecule has 1 heterocycles. The zero-order chi connectivity index (χ0) is 29.9. The van der Waals surface area contributed by atoms with Gasteiger partial charge >= 0.3 is 0 Å². The average Bonchev–Trinajstić information content (AvgIpc) is 3.01. The topological polar surface area (TPSA) is 119 Å². The van der Waals surface area contributed by atoms with E-state index in [0.29, 0.717) is 39.2 Å². The summed E-state index contributed by atoms with van der Waals surface area (Å²) in [6.07, 6.45) is 3.00. The van der Waals surface area contributed by atoms with Crippen molar-refractivity contribution >= 4 is 58.7 Å². The fourth-order valence-electron chi connectivity index (χ4n) is 3.69. The third-order valence-corrected chi connectivity index (χ3v) is 6.92. The summed E-state index contributed by atoms with van der Waals surface area (Å²) in [6.45, 7) is 0. The zero-order valence-electron chi connectivity index (χ0n) is 22.7. The maximum Gasteiger partial charge on any atom is 0.272 e. The van der Waals surface area contributed by atoms with Crippen LogP contribution in [0.15, 0.2) is 102 Å². The van der Waals surface area contributed by atoms with Crippen molar-refractivity contribution in [3.05, 3.63) is 113 Å².